The smallest absolute Gasteiger partial charge is 0.0406 e. The Hall–Kier alpha value is -0.570. The van der Waals surface area contributed by atoms with Crippen molar-refractivity contribution in [3.63, 3.8) is 0 Å². The molecule has 0 aliphatic carbocycles. The van der Waals surface area contributed by atoms with E-state index in [0.29, 0.717) is 12.1 Å². The lowest BCUT2D eigenvalue weighted by molar-refractivity contribution is 0.199. The first-order valence-electron chi connectivity index (χ1n) is 7.79. The van der Waals surface area contributed by atoms with Gasteiger partial charge in [-0.05, 0) is 49.9 Å². The molecular weight excluding hydrogens is 268 g/mol. The number of nitrogens with zero attached hydrogens (tertiary/aromatic N) is 1. The summed E-state index contributed by atoms with van der Waals surface area (Å²) in [5.74, 6) is 0.748. The molecule has 1 aromatic rings. The SMILES string of the molecule is CC(C)CC1CN(C(C)c2ccc(Cl)cc2)CCCN1. The predicted octanol–water partition coefficient (Wildman–Crippen LogP) is 4.11. The number of benzene rings is 1. The van der Waals surface area contributed by atoms with Gasteiger partial charge in [-0.3, -0.25) is 4.90 Å². The van der Waals surface area contributed by atoms with Crippen LogP contribution in [0.2, 0.25) is 5.02 Å². The van der Waals surface area contributed by atoms with Crippen molar-refractivity contribution in [3.8, 4) is 0 Å². The zero-order valence-electron chi connectivity index (χ0n) is 12.9. The zero-order chi connectivity index (χ0) is 14.5. The maximum Gasteiger partial charge on any atom is 0.0406 e. The molecule has 2 rings (SSSR count). The molecule has 20 heavy (non-hydrogen) atoms. The fourth-order valence-corrected chi connectivity index (χ4v) is 3.18. The number of hydrogen-bond donors (Lipinski definition) is 1. The Morgan fingerprint density at radius 3 is 2.60 bits per heavy atom. The molecule has 1 fully saturated rings. The Morgan fingerprint density at radius 1 is 1.25 bits per heavy atom. The summed E-state index contributed by atoms with van der Waals surface area (Å²) in [6, 6.07) is 9.38. The van der Waals surface area contributed by atoms with E-state index in [4.69, 9.17) is 11.6 Å². The van der Waals surface area contributed by atoms with Crippen LogP contribution in [0.15, 0.2) is 24.3 Å². The highest BCUT2D eigenvalue weighted by Crippen LogP contribution is 2.24. The van der Waals surface area contributed by atoms with Crippen LogP contribution < -0.4 is 5.32 Å². The van der Waals surface area contributed by atoms with Crippen LogP contribution in [0.4, 0.5) is 0 Å². The van der Waals surface area contributed by atoms with Gasteiger partial charge in [-0.15, -0.1) is 0 Å². The van der Waals surface area contributed by atoms with Crippen molar-refractivity contribution in [2.45, 2.75) is 45.7 Å². The fourth-order valence-electron chi connectivity index (χ4n) is 3.06. The fraction of sp³-hybridized carbons (Fsp3) is 0.647. The molecule has 2 unspecified atom stereocenters. The van der Waals surface area contributed by atoms with E-state index in [2.05, 4.69) is 43.1 Å². The normalized spacial score (nSPS) is 22.8. The first-order chi connectivity index (χ1) is 9.56. The standard InChI is InChI=1S/C17H27ClN2/c1-13(2)11-17-12-20(10-4-9-19-17)14(3)15-5-7-16(18)8-6-15/h5-8,13-14,17,19H,4,9-12H2,1-3H3. The molecule has 3 heteroatoms. The quantitative estimate of drug-likeness (QED) is 0.899. The van der Waals surface area contributed by atoms with Crippen molar-refractivity contribution in [2.24, 2.45) is 5.92 Å². The van der Waals surface area contributed by atoms with Crippen molar-refractivity contribution in [3.05, 3.63) is 34.9 Å². The second kappa shape index (κ2) is 7.44. The van der Waals surface area contributed by atoms with Crippen molar-refractivity contribution < 1.29 is 0 Å². The van der Waals surface area contributed by atoms with Gasteiger partial charge < -0.3 is 5.32 Å². The number of rotatable bonds is 4. The van der Waals surface area contributed by atoms with Gasteiger partial charge in [0, 0.05) is 30.2 Å². The lowest BCUT2D eigenvalue weighted by Crippen LogP contribution is -2.39. The summed E-state index contributed by atoms with van der Waals surface area (Å²) < 4.78 is 0. The number of hydrogen-bond acceptors (Lipinski definition) is 2. The Labute approximate surface area is 128 Å². The van der Waals surface area contributed by atoms with Gasteiger partial charge in [0.15, 0.2) is 0 Å². The van der Waals surface area contributed by atoms with E-state index in [1.165, 1.54) is 24.9 Å². The summed E-state index contributed by atoms with van der Waals surface area (Å²) in [5.41, 5.74) is 1.36. The highest BCUT2D eigenvalue weighted by molar-refractivity contribution is 6.30. The molecule has 2 nitrogen and oxygen atoms in total. The molecular formula is C17H27ClN2. The highest BCUT2D eigenvalue weighted by atomic mass is 35.5. The van der Waals surface area contributed by atoms with E-state index in [9.17, 15) is 0 Å². The Balaban J connectivity index is 2.03. The lowest BCUT2D eigenvalue weighted by atomic mass is 10.0. The molecule has 0 aromatic heterocycles. The summed E-state index contributed by atoms with van der Waals surface area (Å²) in [7, 11) is 0. The monoisotopic (exact) mass is 294 g/mol. The van der Waals surface area contributed by atoms with Crippen LogP contribution in [0.25, 0.3) is 0 Å². The minimum Gasteiger partial charge on any atom is -0.313 e. The van der Waals surface area contributed by atoms with Crippen molar-refractivity contribution in [2.75, 3.05) is 19.6 Å². The van der Waals surface area contributed by atoms with E-state index in [1.54, 1.807) is 0 Å². The Kier molecular flexibility index (Phi) is 5.88. The molecule has 1 aromatic carbocycles. The zero-order valence-corrected chi connectivity index (χ0v) is 13.7. The van der Waals surface area contributed by atoms with Crippen molar-refractivity contribution in [1.82, 2.24) is 10.2 Å². The van der Waals surface area contributed by atoms with Gasteiger partial charge in [-0.25, -0.2) is 0 Å². The highest BCUT2D eigenvalue weighted by Gasteiger charge is 2.22. The van der Waals surface area contributed by atoms with Gasteiger partial charge in [-0.1, -0.05) is 37.6 Å². The third-order valence-electron chi connectivity index (χ3n) is 4.17. The predicted molar refractivity (Wildman–Crippen MR) is 87.3 cm³/mol. The molecule has 0 spiro atoms. The molecule has 1 saturated heterocycles. The van der Waals surface area contributed by atoms with Crippen molar-refractivity contribution >= 4 is 11.6 Å². The van der Waals surface area contributed by atoms with Crippen LogP contribution in [0, 0.1) is 5.92 Å². The van der Waals surface area contributed by atoms with Gasteiger partial charge in [-0.2, -0.15) is 0 Å². The molecule has 0 bridgehead atoms. The van der Waals surface area contributed by atoms with E-state index in [-0.39, 0.29) is 0 Å². The lowest BCUT2D eigenvalue weighted by Gasteiger charge is -2.31. The average Bonchev–Trinajstić information content (AvgIpc) is 2.63. The molecule has 2 atom stereocenters. The second-order valence-corrected chi connectivity index (χ2v) is 6.79. The molecule has 112 valence electrons. The van der Waals surface area contributed by atoms with Gasteiger partial charge in [0.2, 0.25) is 0 Å². The minimum atomic E-state index is 0.460. The van der Waals surface area contributed by atoms with Crippen LogP contribution >= 0.6 is 11.6 Å². The number of halogens is 1. The summed E-state index contributed by atoms with van der Waals surface area (Å²) >= 11 is 5.99. The second-order valence-electron chi connectivity index (χ2n) is 6.36. The molecule has 1 aliphatic heterocycles. The van der Waals surface area contributed by atoms with E-state index >= 15 is 0 Å². The maximum absolute atomic E-state index is 5.99. The third kappa shape index (κ3) is 4.47. The van der Waals surface area contributed by atoms with Crippen LogP contribution in [-0.4, -0.2) is 30.6 Å². The summed E-state index contributed by atoms with van der Waals surface area (Å²) in [4.78, 5) is 2.61. The van der Waals surface area contributed by atoms with Gasteiger partial charge in [0.1, 0.15) is 0 Å². The number of nitrogens with one attached hydrogen (secondary N) is 1. The van der Waals surface area contributed by atoms with Crippen LogP contribution in [0.3, 0.4) is 0 Å². The first-order valence-corrected chi connectivity index (χ1v) is 8.17. The average molecular weight is 295 g/mol. The topological polar surface area (TPSA) is 15.3 Å². The Morgan fingerprint density at radius 2 is 1.95 bits per heavy atom. The molecule has 0 radical (unpaired) electrons. The van der Waals surface area contributed by atoms with Crippen LogP contribution in [0.1, 0.15) is 45.2 Å². The summed E-state index contributed by atoms with van der Waals surface area (Å²) in [5, 5.41) is 4.51. The molecule has 1 heterocycles. The first kappa shape index (κ1) is 15.8. The molecule has 0 amide bonds. The summed E-state index contributed by atoms with van der Waals surface area (Å²) in [6.07, 6.45) is 2.48. The van der Waals surface area contributed by atoms with Gasteiger partial charge in [0.05, 0.1) is 0 Å². The summed E-state index contributed by atoms with van der Waals surface area (Å²) in [6.45, 7) is 10.4. The molecule has 1 N–H and O–H groups in total. The van der Waals surface area contributed by atoms with E-state index in [1.807, 2.05) is 12.1 Å². The third-order valence-corrected chi connectivity index (χ3v) is 4.42. The van der Waals surface area contributed by atoms with Crippen LogP contribution in [0.5, 0.6) is 0 Å². The molecule has 1 aliphatic rings. The van der Waals surface area contributed by atoms with Crippen LogP contribution in [-0.2, 0) is 0 Å². The molecule has 0 saturated carbocycles. The van der Waals surface area contributed by atoms with Gasteiger partial charge >= 0.3 is 0 Å². The minimum absolute atomic E-state index is 0.460. The van der Waals surface area contributed by atoms with Crippen molar-refractivity contribution in [1.29, 1.82) is 0 Å². The Bertz CT molecular complexity index is 402. The van der Waals surface area contributed by atoms with E-state index in [0.717, 1.165) is 24.0 Å². The van der Waals surface area contributed by atoms with E-state index < -0.39 is 0 Å². The maximum atomic E-state index is 5.99. The van der Waals surface area contributed by atoms with Gasteiger partial charge in [0.25, 0.3) is 0 Å². The largest absolute Gasteiger partial charge is 0.313 e.